The molecule has 0 spiro atoms. The van der Waals surface area contributed by atoms with E-state index < -0.39 is 22.9 Å². The minimum absolute atomic E-state index is 0.263. The molecule has 6 nitrogen and oxygen atoms in total. The highest BCUT2D eigenvalue weighted by molar-refractivity contribution is 5.76. The van der Waals surface area contributed by atoms with Gasteiger partial charge in [0.2, 0.25) is 0 Å². The highest BCUT2D eigenvalue weighted by Gasteiger charge is 2.47. The molecule has 1 fully saturated rings. The number of nitrogens with zero attached hydrogens (tertiary/aromatic N) is 2. The zero-order valence-electron chi connectivity index (χ0n) is 16.4. The average molecular weight is 352 g/mol. The number of rotatable bonds is 5. The SMILES string of the molecule is CCOC(=O)C(C#N)C1(CC(C)C)CCN(C(=O)OC(C)(C)C)CC1. The molecule has 0 saturated carbocycles. The lowest BCUT2D eigenvalue weighted by molar-refractivity contribution is -0.152. The Kier molecular flexibility index (Phi) is 7.28. The lowest BCUT2D eigenvalue weighted by atomic mass is 9.65. The maximum absolute atomic E-state index is 12.3. The van der Waals surface area contributed by atoms with Gasteiger partial charge in [0.25, 0.3) is 0 Å². The van der Waals surface area contributed by atoms with Crippen LogP contribution in [0.4, 0.5) is 4.79 Å². The van der Waals surface area contributed by atoms with Gasteiger partial charge in [0.1, 0.15) is 11.5 Å². The first kappa shape index (κ1) is 21.3. The van der Waals surface area contributed by atoms with Crippen molar-refractivity contribution in [3.8, 4) is 6.07 Å². The van der Waals surface area contributed by atoms with Gasteiger partial charge < -0.3 is 14.4 Å². The molecule has 142 valence electrons. The van der Waals surface area contributed by atoms with E-state index in [1.807, 2.05) is 20.8 Å². The van der Waals surface area contributed by atoms with Gasteiger partial charge in [-0.25, -0.2) is 4.79 Å². The van der Waals surface area contributed by atoms with Gasteiger partial charge in [0, 0.05) is 18.5 Å². The number of carbonyl (C=O) groups is 2. The van der Waals surface area contributed by atoms with Crippen molar-refractivity contribution < 1.29 is 19.1 Å². The molecule has 0 N–H and O–H groups in total. The lowest BCUT2D eigenvalue weighted by Crippen LogP contribution is -2.49. The summed E-state index contributed by atoms with van der Waals surface area (Å²) < 4.78 is 10.6. The van der Waals surface area contributed by atoms with Gasteiger partial charge >= 0.3 is 12.1 Å². The molecular weight excluding hydrogens is 320 g/mol. The monoisotopic (exact) mass is 352 g/mol. The Morgan fingerprint density at radius 1 is 1.24 bits per heavy atom. The third kappa shape index (κ3) is 5.91. The third-order valence-electron chi connectivity index (χ3n) is 4.49. The number of ether oxygens (including phenoxy) is 2. The van der Waals surface area contributed by atoms with Crippen molar-refractivity contribution >= 4 is 12.1 Å². The molecule has 1 unspecified atom stereocenters. The Balaban J connectivity index is 2.92. The quantitative estimate of drug-likeness (QED) is 0.704. The molecule has 25 heavy (non-hydrogen) atoms. The highest BCUT2D eigenvalue weighted by atomic mass is 16.6. The van der Waals surface area contributed by atoms with Gasteiger partial charge in [-0.2, -0.15) is 5.26 Å². The van der Waals surface area contributed by atoms with Gasteiger partial charge in [-0.1, -0.05) is 13.8 Å². The van der Waals surface area contributed by atoms with Crippen LogP contribution in [0.25, 0.3) is 0 Å². The molecule has 1 rings (SSSR count). The third-order valence-corrected chi connectivity index (χ3v) is 4.49. The predicted octanol–water partition coefficient (Wildman–Crippen LogP) is 3.75. The molecule has 1 aliphatic rings. The first-order chi connectivity index (χ1) is 11.5. The number of piperidine rings is 1. The summed E-state index contributed by atoms with van der Waals surface area (Å²) in [5.41, 5.74) is -0.989. The minimum atomic E-state index is -0.796. The summed E-state index contributed by atoms with van der Waals surface area (Å²) in [5, 5.41) is 9.63. The van der Waals surface area contributed by atoms with E-state index in [1.165, 1.54) is 0 Å². The molecule has 0 aliphatic carbocycles. The van der Waals surface area contributed by atoms with Gasteiger partial charge in [-0.05, 0) is 52.9 Å². The minimum Gasteiger partial charge on any atom is -0.465 e. The molecule has 0 radical (unpaired) electrons. The predicted molar refractivity (Wildman–Crippen MR) is 94.7 cm³/mol. The molecule has 0 aromatic carbocycles. The second-order valence-electron chi connectivity index (χ2n) is 8.24. The molecule has 1 saturated heterocycles. The smallest absolute Gasteiger partial charge is 0.410 e. The van der Waals surface area contributed by atoms with Gasteiger partial charge in [0.15, 0.2) is 0 Å². The van der Waals surface area contributed by atoms with E-state index in [2.05, 4.69) is 19.9 Å². The Morgan fingerprint density at radius 2 is 1.80 bits per heavy atom. The van der Waals surface area contributed by atoms with Crippen LogP contribution in [0.3, 0.4) is 0 Å². The van der Waals surface area contributed by atoms with E-state index in [-0.39, 0.29) is 12.7 Å². The van der Waals surface area contributed by atoms with E-state index in [0.717, 1.165) is 6.42 Å². The first-order valence-corrected chi connectivity index (χ1v) is 9.09. The van der Waals surface area contributed by atoms with Crippen molar-refractivity contribution in [1.29, 1.82) is 5.26 Å². The molecule has 0 aromatic heterocycles. The maximum Gasteiger partial charge on any atom is 0.410 e. The van der Waals surface area contributed by atoms with Crippen LogP contribution < -0.4 is 0 Å². The topological polar surface area (TPSA) is 79.6 Å². The highest BCUT2D eigenvalue weighted by Crippen LogP contribution is 2.45. The van der Waals surface area contributed by atoms with Crippen molar-refractivity contribution in [2.75, 3.05) is 19.7 Å². The molecule has 1 heterocycles. The Bertz CT molecular complexity index is 508. The first-order valence-electron chi connectivity index (χ1n) is 9.09. The standard InChI is InChI=1S/C19H32N2O4/c1-7-24-16(22)15(13-20)19(12-14(2)3)8-10-21(11-9-19)17(23)25-18(4,5)6/h14-15H,7-12H2,1-6H3. The number of likely N-dealkylation sites (tertiary alicyclic amines) is 1. The van der Waals surface area contributed by atoms with Crippen LogP contribution in [0, 0.1) is 28.6 Å². The van der Waals surface area contributed by atoms with Crippen LogP contribution in [-0.4, -0.2) is 42.3 Å². The van der Waals surface area contributed by atoms with E-state index in [1.54, 1.807) is 11.8 Å². The van der Waals surface area contributed by atoms with Crippen LogP contribution in [0.5, 0.6) is 0 Å². The normalized spacial score (nSPS) is 18.4. The van der Waals surface area contributed by atoms with E-state index >= 15 is 0 Å². The number of hydrogen-bond donors (Lipinski definition) is 0. The summed E-state index contributed by atoms with van der Waals surface area (Å²) >= 11 is 0. The lowest BCUT2D eigenvalue weighted by Gasteiger charge is -2.44. The number of carbonyl (C=O) groups excluding carboxylic acids is 2. The Morgan fingerprint density at radius 3 is 2.20 bits per heavy atom. The number of hydrogen-bond acceptors (Lipinski definition) is 5. The van der Waals surface area contributed by atoms with Crippen molar-refractivity contribution in [2.24, 2.45) is 17.3 Å². The molecular formula is C19H32N2O4. The molecule has 1 aliphatic heterocycles. The Labute approximate surface area is 151 Å². The number of esters is 1. The van der Waals surface area contributed by atoms with E-state index in [9.17, 15) is 14.9 Å². The van der Waals surface area contributed by atoms with Crippen molar-refractivity contribution in [2.45, 2.75) is 66.4 Å². The summed E-state index contributed by atoms with van der Waals surface area (Å²) in [6, 6.07) is 2.18. The van der Waals surface area contributed by atoms with Crippen LogP contribution >= 0.6 is 0 Å². The molecule has 1 atom stereocenters. The molecule has 6 heteroatoms. The van der Waals surface area contributed by atoms with Crippen LogP contribution in [-0.2, 0) is 14.3 Å². The largest absolute Gasteiger partial charge is 0.465 e. The summed E-state index contributed by atoms with van der Waals surface area (Å²) in [5.74, 6) is -0.898. The average Bonchev–Trinajstić information content (AvgIpc) is 2.46. The summed E-state index contributed by atoms with van der Waals surface area (Å²) in [6.07, 6.45) is 1.62. The fourth-order valence-electron chi connectivity index (χ4n) is 3.55. The summed E-state index contributed by atoms with van der Waals surface area (Å²) in [4.78, 5) is 26.3. The zero-order valence-corrected chi connectivity index (χ0v) is 16.4. The number of nitriles is 1. The van der Waals surface area contributed by atoms with Gasteiger partial charge in [-0.15, -0.1) is 0 Å². The van der Waals surface area contributed by atoms with E-state index in [4.69, 9.17) is 9.47 Å². The second kappa shape index (κ2) is 8.55. The fourth-order valence-corrected chi connectivity index (χ4v) is 3.55. The van der Waals surface area contributed by atoms with Crippen LogP contribution in [0.15, 0.2) is 0 Å². The Hall–Kier alpha value is -1.77. The summed E-state index contributed by atoms with van der Waals surface area (Å²) in [6.45, 7) is 12.7. The molecule has 0 bridgehead atoms. The second-order valence-corrected chi connectivity index (χ2v) is 8.24. The maximum atomic E-state index is 12.3. The van der Waals surface area contributed by atoms with Crippen molar-refractivity contribution in [1.82, 2.24) is 4.90 Å². The van der Waals surface area contributed by atoms with Crippen molar-refractivity contribution in [3.05, 3.63) is 0 Å². The zero-order chi connectivity index (χ0) is 19.3. The van der Waals surface area contributed by atoms with Crippen LogP contribution in [0.2, 0.25) is 0 Å². The fraction of sp³-hybridized carbons (Fsp3) is 0.842. The van der Waals surface area contributed by atoms with Crippen LogP contribution in [0.1, 0.15) is 60.8 Å². The van der Waals surface area contributed by atoms with E-state index in [0.29, 0.717) is 31.8 Å². The van der Waals surface area contributed by atoms with Gasteiger partial charge in [-0.3, -0.25) is 4.79 Å². The van der Waals surface area contributed by atoms with Gasteiger partial charge in [0.05, 0.1) is 12.7 Å². The molecule has 1 amide bonds. The number of amides is 1. The summed E-state index contributed by atoms with van der Waals surface area (Å²) in [7, 11) is 0. The molecule has 0 aromatic rings. The van der Waals surface area contributed by atoms with Crippen molar-refractivity contribution in [3.63, 3.8) is 0 Å².